The molecule has 1 aliphatic rings. The van der Waals surface area contributed by atoms with E-state index in [9.17, 15) is 4.79 Å². The summed E-state index contributed by atoms with van der Waals surface area (Å²) >= 11 is 0. The summed E-state index contributed by atoms with van der Waals surface area (Å²) in [6.07, 6.45) is 2.30. The van der Waals surface area contributed by atoms with Crippen molar-refractivity contribution in [3.63, 3.8) is 0 Å². The molecule has 4 nitrogen and oxygen atoms in total. The highest BCUT2D eigenvalue weighted by Gasteiger charge is 2.21. The zero-order chi connectivity index (χ0) is 11.3. The fourth-order valence-corrected chi connectivity index (χ4v) is 1.92. The third-order valence-corrected chi connectivity index (χ3v) is 3.13. The Bertz CT molecular complexity index is 208. The quantitative estimate of drug-likeness (QED) is 0.701. The maximum Gasteiger partial charge on any atom is 0.237 e. The molecule has 1 amide bonds. The monoisotopic (exact) mass is 213 g/mol. The number of carbonyl (C=O) groups is 1. The Morgan fingerprint density at radius 3 is 2.93 bits per heavy atom. The topological polar surface area (TPSA) is 44.4 Å². The van der Waals surface area contributed by atoms with Gasteiger partial charge in [-0.3, -0.25) is 4.79 Å². The van der Waals surface area contributed by atoms with E-state index in [1.165, 1.54) is 13.0 Å². The molecular weight excluding hydrogens is 190 g/mol. The van der Waals surface area contributed by atoms with Crippen LogP contribution in [-0.4, -0.2) is 49.6 Å². The molecule has 0 saturated carbocycles. The molecule has 0 aromatic carbocycles. The van der Waals surface area contributed by atoms with Crippen molar-refractivity contribution < 1.29 is 4.79 Å². The first-order valence-corrected chi connectivity index (χ1v) is 5.87. The summed E-state index contributed by atoms with van der Waals surface area (Å²) in [5.41, 5.74) is 0. The molecule has 88 valence electrons. The van der Waals surface area contributed by atoms with Gasteiger partial charge in [-0.1, -0.05) is 6.92 Å². The zero-order valence-electron chi connectivity index (χ0n) is 10.0. The molecule has 2 atom stereocenters. The molecular formula is C11H23N3O. The van der Waals surface area contributed by atoms with E-state index in [0.717, 1.165) is 19.5 Å². The van der Waals surface area contributed by atoms with Crippen LogP contribution in [0.15, 0.2) is 0 Å². The summed E-state index contributed by atoms with van der Waals surface area (Å²) in [7, 11) is 1.81. The summed E-state index contributed by atoms with van der Waals surface area (Å²) in [6, 6.07) is 0.240. The number of carbonyl (C=O) groups excluding carboxylic acids is 1. The smallest absolute Gasteiger partial charge is 0.237 e. The molecule has 4 heteroatoms. The highest BCUT2D eigenvalue weighted by Crippen LogP contribution is 2.09. The Balaban J connectivity index is 2.34. The third-order valence-electron chi connectivity index (χ3n) is 3.13. The van der Waals surface area contributed by atoms with Crippen molar-refractivity contribution in [1.82, 2.24) is 15.5 Å². The second-order valence-electron chi connectivity index (χ2n) is 4.25. The normalized spacial score (nSPS) is 24.9. The average molecular weight is 213 g/mol. The molecule has 1 fully saturated rings. The number of piperidine rings is 1. The van der Waals surface area contributed by atoms with Crippen LogP contribution in [0, 0.1) is 0 Å². The summed E-state index contributed by atoms with van der Waals surface area (Å²) in [6.45, 7) is 7.30. The Labute approximate surface area is 92.4 Å². The van der Waals surface area contributed by atoms with Gasteiger partial charge in [0.1, 0.15) is 0 Å². The van der Waals surface area contributed by atoms with Crippen LogP contribution in [-0.2, 0) is 4.79 Å². The summed E-state index contributed by atoms with van der Waals surface area (Å²) in [4.78, 5) is 14.0. The third kappa shape index (κ3) is 3.80. The van der Waals surface area contributed by atoms with Crippen molar-refractivity contribution in [2.24, 2.45) is 0 Å². The number of likely N-dealkylation sites (tertiary alicyclic amines) is 1. The molecule has 0 bridgehead atoms. The highest BCUT2D eigenvalue weighted by atomic mass is 16.2. The van der Waals surface area contributed by atoms with E-state index in [0.29, 0.717) is 6.04 Å². The van der Waals surface area contributed by atoms with Gasteiger partial charge in [0.25, 0.3) is 0 Å². The molecule has 15 heavy (non-hydrogen) atoms. The van der Waals surface area contributed by atoms with Gasteiger partial charge in [0.15, 0.2) is 0 Å². The minimum Gasteiger partial charge on any atom is -0.351 e. The van der Waals surface area contributed by atoms with Crippen LogP contribution < -0.4 is 10.6 Å². The van der Waals surface area contributed by atoms with Crippen molar-refractivity contribution in [3.8, 4) is 0 Å². The Hall–Kier alpha value is -0.610. The molecule has 2 N–H and O–H groups in total. The van der Waals surface area contributed by atoms with Crippen LogP contribution in [0.5, 0.6) is 0 Å². The van der Waals surface area contributed by atoms with Crippen LogP contribution >= 0.6 is 0 Å². The lowest BCUT2D eigenvalue weighted by atomic mass is 10.1. The molecule has 0 aliphatic carbocycles. The first kappa shape index (κ1) is 12.5. The number of hydrogen-bond donors (Lipinski definition) is 2. The number of hydrogen-bond acceptors (Lipinski definition) is 3. The number of rotatable bonds is 4. The molecule has 0 aromatic heterocycles. The minimum atomic E-state index is -0.0954. The van der Waals surface area contributed by atoms with Crippen molar-refractivity contribution in [2.75, 3.05) is 26.7 Å². The van der Waals surface area contributed by atoms with Crippen molar-refractivity contribution in [2.45, 2.75) is 38.8 Å². The molecule has 1 heterocycles. The van der Waals surface area contributed by atoms with Crippen molar-refractivity contribution in [3.05, 3.63) is 0 Å². The van der Waals surface area contributed by atoms with Crippen LogP contribution in [0.2, 0.25) is 0 Å². The van der Waals surface area contributed by atoms with Crippen molar-refractivity contribution >= 4 is 5.91 Å². The van der Waals surface area contributed by atoms with Crippen molar-refractivity contribution in [1.29, 1.82) is 0 Å². The van der Waals surface area contributed by atoms with E-state index in [4.69, 9.17) is 0 Å². The summed E-state index contributed by atoms with van der Waals surface area (Å²) in [5, 5.41) is 6.04. The first-order chi connectivity index (χ1) is 7.17. The highest BCUT2D eigenvalue weighted by molar-refractivity contribution is 5.81. The van der Waals surface area contributed by atoms with E-state index in [1.807, 2.05) is 14.0 Å². The Morgan fingerprint density at radius 1 is 1.60 bits per heavy atom. The first-order valence-electron chi connectivity index (χ1n) is 5.87. The minimum absolute atomic E-state index is 0.0954. The van der Waals surface area contributed by atoms with E-state index in [2.05, 4.69) is 22.5 Å². The van der Waals surface area contributed by atoms with Gasteiger partial charge in [-0.2, -0.15) is 0 Å². The standard InChI is InChI=1S/C11H23N3O/c1-4-14-7-5-6-10(8-14)13-11(15)9(2)12-3/h9-10,12H,4-8H2,1-3H3,(H,13,15). The van der Waals surface area contributed by atoms with E-state index < -0.39 is 0 Å². The second kappa shape index (κ2) is 6.08. The zero-order valence-corrected chi connectivity index (χ0v) is 10.0. The molecule has 1 aliphatic heterocycles. The molecule has 1 saturated heterocycles. The molecule has 0 aromatic rings. The predicted molar refractivity (Wildman–Crippen MR) is 61.8 cm³/mol. The number of amides is 1. The van der Waals surface area contributed by atoms with Gasteiger partial charge in [0, 0.05) is 12.6 Å². The lowest BCUT2D eigenvalue weighted by Crippen LogP contribution is -2.51. The van der Waals surface area contributed by atoms with Crippen LogP contribution in [0.1, 0.15) is 26.7 Å². The van der Waals surface area contributed by atoms with E-state index in [-0.39, 0.29) is 11.9 Å². The van der Waals surface area contributed by atoms with Crippen LogP contribution in [0.25, 0.3) is 0 Å². The Kier molecular flexibility index (Phi) is 5.05. The van der Waals surface area contributed by atoms with Gasteiger partial charge in [-0.25, -0.2) is 0 Å². The van der Waals surface area contributed by atoms with E-state index in [1.54, 1.807) is 0 Å². The Morgan fingerprint density at radius 2 is 2.33 bits per heavy atom. The number of nitrogens with one attached hydrogen (secondary N) is 2. The number of nitrogens with zero attached hydrogens (tertiary/aromatic N) is 1. The second-order valence-corrected chi connectivity index (χ2v) is 4.25. The van der Waals surface area contributed by atoms with Gasteiger partial charge in [0.05, 0.1) is 6.04 Å². The lowest BCUT2D eigenvalue weighted by Gasteiger charge is -2.32. The van der Waals surface area contributed by atoms with E-state index >= 15 is 0 Å². The fourth-order valence-electron chi connectivity index (χ4n) is 1.92. The molecule has 1 rings (SSSR count). The fraction of sp³-hybridized carbons (Fsp3) is 0.909. The van der Waals surface area contributed by atoms with Crippen LogP contribution in [0.4, 0.5) is 0 Å². The summed E-state index contributed by atoms with van der Waals surface area (Å²) in [5.74, 6) is 0.112. The number of likely N-dealkylation sites (N-methyl/N-ethyl adjacent to an activating group) is 2. The summed E-state index contributed by atoms with van der Waals surface area (Å²) < 4.78 is 0. The molecule has 0 spiro atoms. The van der Waals surface area contributed by atoms with Crippen LogP contribution in [0.3, 0.4) is 0 Å². The largest absolute Gasteiger partial charge is 0.351 e. The SMILES string of the molecule is CCN1CCCC(NC(=O)C(C)NC)C1. The maximum atomic E-state index is 11.6. The molecule has 2 unspecified atom stereocenters. The van der Waals surface area contributed by atoms with Gasteiger partial charge in [-0.15, -0.1) is 0 Å². The van der Waals surface area contributed by atoms with Gasteiger partial charge >= 0.3 is 0 Å². The van der Waals surface area contributed by atoms with Gasteiger partial charge in [0.2, 0.25) is 5.91 Å². The van der Waals surface area contributed by atoms with Gasteiger partial charge < -0.3 is 15.5 Å². The maximum absolute atomic E-state index is 11.6. The van der Waals surface area contributed by atoms with Gasteiger partial charge in [-0.05, 0) is 39.9 Å². The predicted octanol–water partition coefficient (Wildman–Crippen LogP) is 0.195. The average Bonchev–Trinajstić information content (AvgIpc) is 2.28. The lowest BCUT2D eigenvalue weighted by molar-refractivity contribution is -0.123. The molecule has 0 radical (unpaired) electrons.